The average Bonchev–Trinajstić information content (AvgIpc) is 3.56. The van der Waals surface area contributed by atoms with E-state index in [1.165, 1.54) is 11.0 Å². The van der Waals surface area contributed by atoms with Crippen molar-refractivity contribution in [1.82, 2.24) is 25.1 Å². The van der Waals surface area contributed by atoms with Crippen LogP contribution >= 0.6 is 0 Å². The number of rotatable bonds is 6. The Morgan fingerprint density at radius 2 is 1.93 bits per heavy atom. The SMILES string of the molecule is O=C1CCC(N2Cc3cc(OC4CCN(Cc5cc6cnc(N7CCOCC7)nc6cc5F)C4)ccc3C2=O)C(=O)N1. The summed E-state index contributed by atoms with van der Waals surface area (Å²) >= 11 is 0. The van der Waals surface area contributed by atoms with Crippen molar-refractivity contribution < 1.29 is 28.2 Å². The number of fused-ring (bicyclic) bond motifs is 2. The van der Waals surface area contributed by atoms with Crippen LogP contribution in [0.15, 0.2) is 36.5 Å². The van der Waals surface area contributed by atoms with Crippen molar-refractivity contribution in [3.8, 4) is 5.75 Å². The Morgan fingerprint density at radius 1 is 1.07 bits per heavy atom. The third kappa shape index (κ3) is 5.16. The maximum atomic E-state index is 15.1. The minimum absolute atomic E-state index is 0.0747. The largest absolute Gasteiger partial charge is 0.489 e. The van der Waals surface area contributed by atoms with Crippen LogP contribution in [0.5, 0.6) is 5.75 Å². The predicted octanol–water partition coefficient (Wildman–Crippen LogP) is 2.02. The number of aromatic nitrogens is 2. The first-order chi connectivity index (χ1) is 20.4. The average molecular weight is 575 g/mol. The van der Waals surface area contributed by atoms with Crippen LogP contribution in [0, 0.1) is 5.82 Å². The van der Waals surface area contributed by atoms with Crippen molar-refractivity contribution in [3.63, 3.8) is 0 Å². The summed E-state index contributed by atoms with van der Waals surface area (Å²) in [5.41, 5.74) is 2.53. The fourth-order valence-corrected chi connectivity index (χ4v) is 6.22. The van der Waals surface area contributed by atoms with Crippen LogP contribution in [0.3, 0.4) is 0 Å². The van der Waals surface area contributed by atoms with Gasteiger partial charge in [-0.3, -0.25) is 24.6 Å². The Balaban J connectivity index is 0.979. The Hall–Kier alpha value is -4.16. The molecule has 4 aliphatic heterocycles. The molecule has 12 heteroatoms. The van der Waals surface area contributed by atoms with Crippen molar-refractivity contribution >= 4 is 34.6 Å². The number of benzene rings is 2. The van der Waals surface area contributed by atoms with Gasteiger partial charge in [-0.05, 0) is 42.7 Å². The van der Waals surface area contributed by atoms with Crippen LogP contribution in [0.2, 0.25) is 0 Å². The minimum atomic E-state index is -0.649. The summed E-state index contributed by atoms with van der Waals surface area (Å²) in [4.78, 5) is 51.6. The highest BCUT2D eigenvalue weighted by Crippen LogP contribution is 2.31. The Kier molecular flexibility index (Phi) is 6.95. The number of anilines is 1. The molecule has 2 aromatic carbocycles. The second kappa shape index (κ2) is 10.9. The fourth-order valence-electron chi connectivity index (χ4n) is 6.22. The molecule has 1 N–H and O–H groups in total. The minimum Gasteiger partial charge on any atom is -0.489 e. The van der Waals surface area contributed by atoms with Crippen LogP contribution in [0.4, 0.5) is 10.3 Å². The molecule has 5 heterocycles. The van der Waals surface area contributed by atoms with Gasteiger partial charge in [0.15, 0.2) is 0 Å². The summed E-state index contributed by atoms with van der Waals surface area (Å²) in [5.74, 6) is 0.0153. The van der Waals surface area contributed by atoms with Gasteiger partial charge in [0.2, 0.25) is 17.8 Å². The van der Waals surface area contributed by atoms with Crippen molar-refractivity contribution in [3.05, 3.63) is 59.0 Å². The number of nitrogens with zero attached hydrogens (tertiary/aromatic N) is 5. The second-order valence-electron chi connectivity index (χ2n) is 11.3. The lowest BCUT2D eigenvalue weighted by molar-refractivity contribution is -0.136. The number of halogens is 1. The summed E-state index contributed by atoms with van der Waals surface area (Å²) < 4.78 is 26.8. The number of likely N-dealkylation sites (tertiary alicyclic amines) is 1. The summed E-state index contributed by atoms with van der Waals surface area (Å²) in [5, 5.41) is 3.13. The smallest absolute Gasteiger partial charge is 0.255 e. The standard InChI is InChI=1S/C30H31FN6O5/c31-24-13-25-18(14-32-30(33-25)36-7-9-41-10-8-36)11-20(24)15-35-6-5-22(17-35)42-21-1-2-23-19(12-21)16-37(29(23)40)26-3-4-27(38)34-28(26)39/h1-2,11-14,22,26H,3-10,15-17H2,(H,34,38,39). The van der Waals surface area contributed by atoms with Crippen molar-refractivity contribution in [2.45, 2.75) is 44.5 Å². The van der Waals surface area contributed by atoms with Crippen molar-refractivity contribution in [1.29, 1.82) is 0 Å². The van der Waals surface area contributed by atoms with Crippen molar-refractivity contribution in [2.75, 3.05) is 44.3 Å². The van der Waals surface area contributed by atoms with Gasteiger partial charge < -0.3 is 19.3 Å². The number of morpholine rings is 1. The van der Waals surface area contributed by atoms with Gasteiger partial charge in [0.1, 0.15) is 23.7 Å². The van der Waals surface area contributed by atoms with Gasteiger partial charge in [-0.25, -0.2) is 14.4 Å². The van der Waals surface area contributed by atoms with Gasteiger partial charge in [-0.15, -0.1) is 0 Å². The summed E-state index contributed by atoms with van der Waals surface area (Å²) in [7, 11) is 0. The molecule has 4 aliphatic rings. The molecule has 3 amide bonds. The van der Waals surface area contributed by atoms with Crippen molar-refractivity contribution in [2.24, 2.45) is 0 Å². The van der Waals surface area contributed by atoms with Crippen LogP contribution in [-0.2, 0) is 27.4 Å². The quantitative estimate of drug-likeness (QED) is 0.442. The van der Waals surface area contributed by atoms with E-state index < -0.39 is 11.9 Å². The third-order valence-corrected chi connectivity index (χ3v) is 8.45. The molecule has 0 bridgehead atoms. The number of imide groups is 1. The number of hydrogen-bond donors (Lipinski definition) is 1. The molecule has 3 saturated heterocycles. The number of carbonyl (C=O) groups excluding carboxylic acids is 3. The highest BCUT2D eigenvalue weighted by Gasteiger charge is 2.39. The van der Waals surface area contributed by atoms with Gasteiger partial charge in [-0.2, -0.15) is 0 Å². The van der Waals surface area contributed by atoms with Crippen LogP contribution < -0.4 is 15.0 Å². The molecule has 7 rings (SSSR count). The maximum Gasteiger partial charge on any atom is 0.255 e. The second-order valence-corrected chi connectivity index (χ2v) is 11.3. The molecule has 218 valence electrons. The number of nitrogens with one attached hydrogen (secondary N) is 1. The van der Waals surface area contributed by atoms with Gasteiger partial charge in [0.05, 0.1) is 18.7 Å². The van der Waals surface area contributed by atoms with E-state index in [4.69, 9.17) is 9.47 Å². The molecule has 11 nitrogen and oxygen atoms in total. The third-order valence-electron chi connectivity index (χ3n) is 8.45. The molecule has 0 spiro atoms. The van der Waals surface area contributed by atoms with E-state index in [9.17, 15) is 14.4 Å². The molecule has 3 aromatic rings. The molecule has 0 radical (unpaired) electrons. The van der Waals surface area contributed by atoms with E-state index in [-0.39, 0.29) is 30.2 Å². The number of amides is 3. The zero-order valence-corrected chi connectivity index (χ0v) is 23.1. The number of piperidine rings is 1. The first-order valence-electron chi connectivity index (χ1n) is 14.4. The van der Waals surface area contributed by atoms with E-state index in [2.05, 4.69) is 20.2 Å². The van der Waals surface area contributed by atoms with Gasteiger partial charge in [0.25, 0.3) is 5.91 Å². The van der Waals surface area contributed by atoms with E-state index in [1.54, 1.807) is 18.3 Å². The lowest BCUT2D eigenvalue weighted by Gasteiger charge is -2.29. The molecular weight excluding hydrogens is 543 g/mol. The molecule has 3 fully saturated rings. The Bertz CT molecular complexity index is 1580. The van der Waals surface area contributed by atoms with Gasteiger partial charge >= 0.3 is 0 Å². The monoisotopic (exact) mass is 574 g/mol. The Morgan fingerprint density at radius 3 is 2.76 bits per heavy atom. The number of ether oxygens (including phenoxy) is 2. The number of carbonyl (C=O) groups is 3. The topological polar surface area (TPSA) is 117 Å². The molecule has 2 unspecified atom stereocenters. The van der Waals surface area contributed by atoms with E-state index >= 15 is 4.39 Å². The summed E-state index contributed by atoms with van der Waals surface area (Å²) in [6.07, 6.45) is 3.02. The highest BCUT2D eigenvalue weighted by atomic mass is 19.1. The molecular formula is C30H31FN6O5. The summed E-state index contributed by atoms with van der Waals surface area (Å²) in [6.45, 7) is 4.85. The fraction of sp³-hybridized carbons (Fsp3) is 0.433. The molecule has 0 saturated carbocycles. The van der Waals surface area contributed by atoms with Gasteiger partial charge in [0, 0.05) is 74.5 Å². The Labute approximate surface area is 241 Å². The lowest BCUT2D eigenvalue weighted by Crippen LogP contribution is -2.52. The first kappa shape index (κ1) is 26.7. The highest BCUT2D eigenvalue weighted by molar-refractivity contribution is 6.05. The van der Waals surface area contributed by atoms with E-state index in [0.717, 1.165) is 23.9 Å². The molecule has 42 heavy (non-hydrogen) atoms. The van der Waals surface area contributed by atoms with E-state index in [0.29, 0.717) is 80.7 Å². The van der Waals surface area contributed by atoms with Gasteiger partial charge in [-0.1, -0.05) is 0 Å². The predicted molar refractivity (Wildman–Crippen MR) is 149 cm³/mol. The first-order valence-corrected chi connectivity index (χ1v) is 14.4. The maximum absolute atomic E-state index is 15.1. The van der Waals surface area contributed by atoms with Crippen LogP contribution in [-0.4, -0.2) is 89.0 Å². The normalized spacial score (nSPS) is 23.0. The lowest BCUT2D eigenvalue weighted by atomic mass is 10.0. The molecule has 2 atom stereocenters. The number of hydrogen-bond acceptors (Lipinski definition) is 9. The molecule has 1 aromatic heterocycles. The van der Waals surface area contributed by atoms with Crippen LogP contribution in [0.25, 0.3) is 10.9 Å². The molecule has 0 aliphatic carbocycles. The van der Waals surface area contributed by atoms with E-state index in [1.807, 2.05) is 17.0 Å². The zero-order chi connectivity index (χ0) is 28.8. The zero-order valence-electron chi connectivity index (χ0n) is 23.1. The summed E-state index contributed by atoms with van der Waals surface area (Å²) in [6, 6.07) is 8.04. The van der Waals surface area contributed by atoms with Crippen LogP contribution in [0.1, 0.15) is 40.7 Å².